The molecule has 8 heteroatoms. The van der Waals surface area contributed by atoms with Gasteiger partial charge in [-0.15, -0.1) is 11.3 Å². The van der Waals surface area contributed by atoms with Gasteiger partial charge >= 0.3 is 6.03 Å². The van der Waals surface area contributed by atoms with Gasteiger partial charge in [-0.1, -0.05) is 0 Å². The van der Waals surface area contributed by atoms with E-state index in [0.717, 1.165) is 31.3 Å². The molecule has 0 saturated carbocycles. The van der Waals surface area contributed by atoms with Crippen molar-refractivity contribution in [2.45, 2.75) is 13.0 Å². The number of urea groups is 1. The number of carbonyl (C=O) groups excluding carboxylic acids is 2. The highest BCUT2D eigenvalue weighted by Crippen LogP contribution is 2.19. The van der Waals surface area contributed by atoms with Crippen molar-refractivity contribution < 1.29 is 9.59 Å². The van der Waals surface area contributed by atoms with E-state index in [-0.39, 0.29) is 11.9 Å². The smallest absolute Gasteiger partial charge is 0.321 e. The average Bonchev–Trinajstić information content (AvgIpc) is 3.00. The second-order valence-corrected chi connectivity index (χ2v) is 5.46. The van der Waals surface area contributed by atoms with E-state index in [1.165, 1.54) is 7.05 Å². The van der Waals surface area contributed by atoms with Gasteiger partial charge in [0.2, 0.25) is 5.91 Å². The number of rotatable bonds is 3. The molecule has 1 aliphatic rings. The van der Waals surface area contributed by atoms with Crippen molar-refractivity contribution in [2.24, 2.45) is 0 Å². The molecule has 1 aromatic rings. The maximum absolute atomic E-state index is 11.9. The summed E-state index contributed by atoms with van der Waals surface area (Å²) in [6, 6.07) is -0.783. The minimum Gasteiger partial charge on any atom is -0.346 e. The zero-order chi connectivity index (χ0) is 14.5. The van der Waals surface area contributed by atoms with Crippen molar-refractivity contribution in [3.8, 4) is 0 Å². The lowest BCUT2D eigenvalue weighted by Gasteiger charge is -2.37. The molecule has 0 bridgehead atoms. The van der Waals surface area contributed by atoms with E-state index < -0.39 is 6.03 Å². The normalized spacial score (nSPS) is 17.6. The summed E-state index contributed by atoms with van der Waals surface area (Å²) in [5.74, 6) is -0.271. The van der Waals surface area contributed by atoms with Crippen LogP contribution in [0.3, 0.4) is 0 Å². The Labute approximate surface area is 122 Å². The van der Waals surface area contributed by atoms with E-state index in [2.05, 4.69) is 25.4 Å². The first-order valence-electron chi connectivity index (χ1n) is 6.53. The Morgan fingerprint density at radius 3 is 2.60 bits per heavy atom. The molecule has 7 nitrogen and oxygen atoms in total. The molecule has 1 fully saturated rings. The number of hydrogen-bond acceptors (Lipinski definition) is 6. The van der Waals surface area contributed by atoms with E-state index in [4.69, 9.17) is 0 Å². The molecule has 1 saturated heterocycles. The van der Waals surface area contributed by atoms with Crippen LogP contribution in [0.1, 0.15) is 6.92 Å². The molecule has 1 aromatic heterocycles. The van der Waals surface area contributed by atoms with Gasteiger partial charge in [0.05, 0.1) is 6.04 Å². The summed E-state index contributed by atoms with van der Waals surface area (Å²) in [5, 5.41) is 7.67. The van der Waals surface area contributed by atoms with Gasteiger partial charge in [0.1, 0.15) is 0 Å². The highest BCUT2D eigenvalue weighted by molar-refractivity contribution is 7.13. The van der Waals surface area contributed by atoms with Gasteiger partial charge in [-0.25, -0.2) is 9.78 Å². The van der Waals surface area contributed by atoms with Crippen molar-refractivity contribution in [1.82, 2.24) is 20.5 Å². The number of aromatic nitrogens is 1. The standard InChI is InChI=1S/C12H19N5O2S/c1-9(10(18)15-11(19)13-2)16-4-6-17(7-5-16)12-14-3-8-20-12/h3,8-9H,4-7H2,1-2H3,(H2,13,15,18,19)/t9-/m1/s1. The van der Waals surface area contributed by atoms with Crippen LogP contribution in [-0.4, -0.2) is 61.1 Å². The molecule has 0 radical (unpaired) electrons. The summed E-state index contributed by atoms with van der Waals surface area (Å²) in [6.45, 7) is 5.05. The predicted molar refractivity (Wildman–Crippen MR) is 78.0 cm³/mol. The van der Waals surface area contributed by atoms with Crippen LogP contribution in [0.15, 0.2) is 11.6 Å². The Balaban J connectivity index is 1.84. The molecular weight excluding hydrogens is 278 g/mol. The van der Waals surface area contributed by atoms with Crippen LogP contribution >= 0.6 is 11.3 Å². The van der Waals surface area contributed by atoms with Gasteiger partial charge in [-0.05, 0) is 6.92 Å². The first-order valence-corrected chi connectivity index (χ1v) is 7.41. The number of nitrogens with zero attached hydrogens (tertiary/aromatic N) is 3. The Hall–Kier alpha value is -1.67. The molecule has 0 unspecified atom stereocenters. The van der Waals surface area contributed by atoms with Gasteiger partial charge in [-0.3, -0.25) is 15.0 Å². The molecule has 0 spiro atoms. The van der Waals surface area contributed by atoms with Crippen molar-refractivity contribution in [3.63, 3.8) is 0 Å². The molecule has 1 aliphatic heterocycles. The molecule has 2 N–H and O–H groups in total. The van der Waals surface area contributed by atoms with Crippen LogP contribution in [0.25, 0.3) is 0 Å². The first-order chi connectivity index (χ1) is 9.61. The molecule has 20 heavy (non-hydrogen) atoms. The Bertz CT molecular complexity index is 456. The van der Waals surface area contributed by atoms with Gasteiger partial charge in [0.25, 0.3) is 0 Å². The first kappa shape index (κ1) is 14.7. The lowest BCUT2D eigenvalue weighted by molar-refractivity contribution is -0.124. The molecule has 0 aliphatic carbocycles. The number of amides is 3. The lowest BCUT2D eigenvalue weighted by Crippen LogP contribution is -2.55. The number of imide groups is 1. The zero-order valence-electron chi connectivity index (χ0n) is 11.6. The average molecular weight is 297 g/mol. The number of carbonyl (C=O) groups is 2. The fourth-order valence-electron chi connectivity index (χ4n) is 2.12. The van der Waals surface area contributed by atoms with E-state index in [1.807, 2.05) is 12.3 Å². The minimum absolute atomic E-state index is 0.271. The van der Waals surface area contributed by atoms with E-state index >= 15 is 0 Å². The van der Waals surface area contributed by atoms with Crippen molar-refractivity contribution in [1.29, 1.82) is 0 Å². The summed E-state index contributed by atoms with van der Waals surface area (Å²) in [4.78, 5) is 31.6. The van der Waals surface area contributed by atoms with Crippen LogP contribution in [-0.2, 0) is 4.79 Å². The molecular formula is C12H19N5O2S. The highest BCUT2D eigenvalue weighted by atomic mass is 32.1. The molecule has 0 aromatic carbocycles. The molecule has 2 rings (SSSR count). The largest absolute Gasteiger partial charge is 0.346 e. The summed E-state index contributed by atoms with van der Waals surface area (Å²) in [7, 11) is 1.49. The summed E-state index contributed by atoms with van der Waals surface area (Å²) >= 11 is 1.62. The third kappa shape index (κ3) is 3.45. The maximum atomic E-state index is 11.9. The topological polar surface area (TPSA) is 77.6 Å². The van der Waals surface area contributed by atoms with E-state index in [1.54, 1.807) is 17.5 Å². The minimum atomic E-state index is -0.469. The third-order valence-electron chi connectivity index (χ3n) is 3.40. The number of nitrogens with one attached hydrogen (secondary N) is 2. The Kier molecular flexibility index (Phi) is 4.91. The van der Waals surface area contributed by atoms with Crippen LogP contribution < -0.4 is 15.5 Å². The molecule has 110 valence electrons. The second kappa shape index (κ2) is 6.67. The third-order valence-corrected chi connectivity index (χ3v) is 4.23. The zero-order valence-corrected chi connectivity index (χ0v) is 12.4. The van der Waals surface area contributed by atoms with Crippen LogP contribution in [0.4, 0.5) is 9.93 Å². The van der Waals surface area contributed by atoms with E-state index in [0.29, 0.717) is 0 Å². The fourth-order valence-corrected chi connectivity index (χ4v) is 2.81. The predicted octanol–water partition coefficient (Wildman–Crippen LogP) is 0.109. The van der Waals surface area contributed by atoms with Crippen molar-refractivity contribution in [2.75, 3.05) is 38.1 Å². The lowest BCUT2D eigenvalue weighted by atomic mass is 10.2. The van der Waals surface area contributed by atoms with Gasteiger partial charge in [-0.2, -0.15) is 0 Å². The quantitative estimate of drug-likeness (QED) is 0.828. The summed E-state index contributed by atoms with van der Waals surface area (Å²) in [6.07, 6.45) is 1.80. The van der Waals surface area contributed by atoms with Gasteiger partial charge in [0, 0.05) is 44.8 Å². The Morgan fingerprint density at radius 2 is 2.05 bits per heavy atom. The SMILES string of the molecule is CNC(=O)NC(=O)[C@@H](C)N1CCN(c2nccs2)CC1. The molecule has 1 atom stereocenters. The number of hydrogen-bond donors (Lipinski definition) is 2. The van der Waals surface area contributed by atoms with Gasteiger partial charge in [0.15, 0.2) is 5.13 Å². The maximum Gasteiger partial charge on any atom is 0.321 e. The van der Waals surface area contributed by atoms with Gasteiger partial charge < -0.3 is 10.2 Å². The van der Waals surface area contributed by atoms with Crippen LogP contribution in [0.2, 0.25) is 0 Å². The number of thiazole rings is 1. The van der Waals surface area contributed by atoms with Crippen LogP contribution in [0, 0.1) is 0 Å². The van der Waals surface area contributed by atoms with Crippen LogP contribution in [0.5, 0.6) is 0 Å². The highest BCUT2D eigenvalue weighted by Gasteiger charge is 2.26. The monoisotopic (exact) mass is 297 g/mol. The Morgan fingerprint density at radius 1 is 1.35 bits per heavy atom. The van der Waals surface area contributed by atoms with Crippen molar-refractivity contribution >= 4 is 28.4 Å². The summed E-state index contributed by atoms with van der Waals surface area (Å²) < 4.78 is 0. The van der Waals surface area contributed by atoms with E-state index in [9.17, 15) is 9.59 Å². The molecule has 2 heterocycles. The van der Waals surface area contributed by atoms with Crippen molar-refractivity contribution in [3.05, 3.63) is 11.6 Å². The second-order valence-electron chi connectivity index (χ2n) is 4.58. The fraction of sp³-hybridized carbons (Fsp3) is 0.583. The number of anilines is 1. The summed E-state index contributed by atoms with van der Waals surface area (Å²) in [5.41, 5.74) is 0. The molecule has 3 amide bonds. The number of piperazine rings is 1.